The minimum Gasteiger partial charge on any atom is -0.497 e. The summed E-state index contributed by atoms with van der Waals surface area (Å²) in [6, 6.07) is 27.5. The molecule has 36 heavy (non-hydrogen) atoms. The second kappa shape index (κ2) is 11.0. The molecule has 0 saturated carbocycles. The van der Waals surface area contributed by atoms with Crippen molar-refractivity contribution in [3.63, 3.8) is 0 Å². The minimum atomic E-state index is -0.263. The number of rotatable bonds is 10. The van der Waals surface area contributed by atoms with Crippen LogP contribution in [0.15, 0.2) is 89.3 Å². The van der Waals surface area contributed by atoms with Gasteiger partial charge in [0.2, 0.25) is 6.79 Å². The van der Waals surface area contributed by atoms with E-state index in [1.165, 1.54) is 5.56 Å². The van der Waals surface area contributed by atoms with Crippen molar-refractivity contribution in [1.29, 1.82) is 0 Å². The molecule has 5 rings (SSSR count). The molecule has 0 saturated heterocycles. The lowest BCUT2D eigenvalue weighted by atomic mass is 10.1. The normalized spacial score (nSPS) is 12.1. The van der Waals surface area contributed by atoms with E-state index in [0.717, 1.165) is 34.9 Å². The van der Waals surface area contributed by atoms with Gasteiger partial charge in [-0.25, -0.2) is 0 Å². The van der Waals surface area contributed by atoms with Gasteiger partial charge in [-0.1, -0.05) is 48.5 Å². The highest BCUT2D eigenvalue weighted by Crippen LogP contribution is 2.32. The Labute approximate surface area is 210 Å². The summed E-state index contributed by atoms with van der Waals surface area (Å²) >= 11 is 0. The van der Waals surface area contributed by atoms with Gasteiger partial charge in [-0.3, -0.25) is 9.69 Å². The number of ether oxygens (including phenoxy) is 3. The highest BCUT2D eigenvalue weighted by atomic mass is 16.7. The van der Waals surface area contributed by atoms with E-state index in [1.807, 2.05) is 60.7 Å². The molecule has 3 aromatic carbocycles. The fraction of sp³-hybridized carbons (Fsp3) is 0.207. The molecule has 0 aliphatic carbocycles. The molecular weight excluding hydrogens is 456 g/mol. The largest absolute Gasteiger partial charge is 0.497 e. The van der Waals surface area contributed by atoms with Gasteiger partial charge >= 0.3 is 0 Å². The first-order valence-corrected chi connectivity index (χ1v) is 11.8. The molecule has 2 heterocycles. The van der Waals surface area contributed by atoms with Crippen LogP contribution >= 0.6 is 0 Å². The van der Waals surface area contributed by atoms with Crippen LogP contribution in [0, 0.1) is 0 Å². The van der Waals surface area contributed by atoms with Crippen molar-refractivity contribution in [3.8, 4) is 17.2 Å². The summed E-state index contributed by atoms with van der Waals surface area (Å²) in [5.41, 5.74) is 3.26. The molecule has 0 spiro atoms. The van der Waals surface area contributed by atoms with Crippen LogP contribution in [0.25, 0.3) is 0 Å². The average Bonchev–Trinajstić information content (AvgIpc) is 3.57. The Hall–Kier alpha value is -4.23. The van der Waals surface area contributed by atoms with Gasteiger partial charge in [0.1, 0.15) is 11.5 Å². The molecule has 0 atom stereocenters. The highest BCUT2D eigenvalue weighted by molar-refractivity contribution is 5.91. The molecule has 1 aliphatic rings. The fourth-order valence-electron chi connectivity index (χ4n) is 4.16. The molecule has 1 aliphatic heterocycles. The van der Waals surface area contributed by atoms with E-state index in [0.29, 0.717) is 25.4 Å². The maximum atomic E-state index is 12.7. The van der Waals surface area contributed by atoms with E-state index < -0.39 is 0 Å². The number of nitrogens with zero attached hydrogens (tertiary/aromatic N) is 1. The summed E-state index contributed by atoms with van der Waals surface area (Å²) in [5.74, 6) is 2.98. The fourth-order valence-corrected chi connectivity index (χ4v) is 4.16. The number of carbonyl (C=O) groups is 1. The summed E-state index contributed by atoms with van der Waals surface area (Å²) in [7, 11) is 1.67. The zero-order chi connectivity index (χ0) is 24.7. The van der Waals surface area contributed by atoms with E-state index in [1.54, 1.807) is 13.2 Å². The Morgan fingerprint density at radius 2 is 1.64 bits per heavy atom. The van der Waals surface area contributed by atoms with Crippen molar-refractivity contribution in [2.24, 2.45) is 0 Å². The van der Waals surface area contributed by atoms with Gasteiger partial charge < -0.3 is 23.9 Å². The van der Waals surface area contributed by atoms with Gasteiger partial charge in [0.25, 0.3) is 5.91 Å². The van der Waals surface area contributed by atoms with Crippen LogP contribution in [0.5, 0.6) is 17.2 Å². The summed E-state index contributed by atoms with van der Waals surface area (Å²) in [5, 5.41) is 2.91. The summed E-state index contributed by atoms with van der Waals surface area (Å²) in [4.78, 5) is 15.0. The molecule has 7 nitrogen and oxygen atoms in total. The Morgan fingerprint density at radius 1 is 0.833 bits per heavy atom. The van der Waals surface area contributed by atoms with Crippen molar-refractivity contribution < 1.29 is 23.4 Å². The first-order chi connectivity index (χ1) is 17.7. The summed E-state index contributed by atoms with van der Waals surface area (Å²) in [6.45, 7) is 2.59. The lowest BCUT2D eigenvalue weighted by molar-refractivity contribution is 0.0918. The molecule has 4 aromatic rings. The molecule has 0 fully saturated rings. The molecular formula is C29H28N2O5. The number of benzene rings is 3. The van der Waals surface area contributed by atoms with Gasteiger partial charge in [0.15, 0.2) is 17.3 Å². The van der Waals surface area contributed by atoms with Gasteiger partial charge in [-0.15, -0.1) is 0 Å². The van der Waals surface area contributed by atoms with Crippen LogP contribution in [0.1, 0.15) is 33.0 Å². The first kappa shape index (κ1) is 23.5. The van der Waals surface area contributed by atoms with Crippen molar-refractivity contribution >= 4 is 5.91 Å². The Morgan fingerprint density at radius 3 is 2.50 bits per heavy atom. The standard InChI is InChI=1S/C29H28N2O5/c1-33-24-9-5-8-23(14-24)18-31(17-21-6-3-2-4-7-21)19-25-11-13-27(36-25)29(32)30-16-22-10-12-26-28(15-22)35-20-34-26/h2-15H,16-20H2,1H3,(H,30,32). The lowest BCUT2D eigenvalue weighted by Gasteiger charge is -2.22. The van der Waals surface area contributed by atoms with Crippen molar-refractivity contribution in [2.45, 2.75) is 26.2 Å². The number of hydrogen-bond acceptors (Lipinski definition) is 6. The SMILES string of the molecule is COc1cccc(CN(Cc2ccccc2)Cc2ccc(C(=O)NCc3ccc4c(c3)OCO4)o2)c1. The smallest absolute Gasteiger partial charge is 0.287 e. The molecule has 0 radical (unpaired) electrons. The molecule has 0 unspecified atom stereocenters. The van der Waals surface area contributed by atoms with Crippen molar-refractivity contribution in [2.75, 3.05) is 13.9 Å². The number of nitrogens with one attached hydrogen (secondary N) is 1. The van der Waals surface area contributed by atoms with Crippen LogP contribution < -0.4 is 19.5 Å². The maximum Gasteiger partial charge on any atom is 0.287 e. The second-order valence-electron chi connectivity index (χ2n) is 8.62. The van der Waals surface area contributed by atoms with E-state index >= 15 is 0 Å². The van der Waals surface area contributed by atoms with Crippen LogP contribution in [0.3, 0.4) is 0 Å². The topological polar surface area (TPSA) is 73.2 Å². The third kappa shape index (κ3) is 5.87. The third-order valence-electron chi connectivity index (χ3n) is 5.94. The van der Waals surface area contributed by atoms with E-state index in [2.05, 4.69) is 28.4 Å². The highest BCUT2D eigenvalue weighted by Gasteiger charge is 2.16. The van der Waals surface area contributed by atoms with Gasteiger partial charge in [-0.05, 0) is 53.1 Å². The van der Waals surface area contributed by atoms with Crippen LogP contribution in [-0.2, 0) is 26.2 Å². The summed E-state index contributed by atoms with van der Waals surface area (Å²) in [6.07, 6.45) is 0. The van der Waals surface area contributed by atoms with E-state index in [-0.39, 0.29) is 18.5 Å². The quantitative estimate of drug-likeness (QED) is 0.336. The van der Waals surface area contributed by atoms with Crippen LogP contribution in [-0.4, -0.2) is 24.7 Å². The molecule has 184 valence electrons. The second-order valence-corrected chi connectivity index (χ2v) is 8.62. The predicted octanol–water partition coefficient (Wildman–Crippen LogP) is 5.15. The zero-order valence-electron chi connectivity index (χ0n) is 20.1. The minimum absolute atomic E-state index is 0.222. The summed E-state index contributed by atoms with van der Waals surface area (Å²) < 4.78 is 22.1. The molecule has 1 N–H and O–H groups in total. The van der Waals surface area contributed by atoms with E-state index in [4.69, 9.17) is 18.6 Å². The number of furan rings is 1. The number of carbonyl (C=O) groups excluding carboxylic acids is 1. The maximum absolute atomic E-state index is 12.7. The average molecular weight is 485 g/mol. The van der Waals surface area contributed by atoms with Crippen LogP contribution in [0.2, 0.25) is 0 Å². The number of methoxy groups -OCH3 is 1. The first-order valence-electron chi connectivity index (χ1n) is 11.8. The van der Waals surface area contributed by atoms with Gasteiger partial charge in [0, 0.05) is 19.6 Å². The van der Waals surface area contributed by atoms with Crippen LogP contribution in [0.4, 0.5) is 0 Å². The Bertz CT molecular complexity index is 1320. The molecule has 1 amide bonds. The zero-order valence-corrected chi connectivity index (χ0v) is 20.1. The number of amides is 1. The van der Waals surface area contributed by atoms with E-state index in [9.17, 15) is 4.79 Å². The number of fused-ring (bicyclic) bond motifs is 1. The van der Waals surface area contributed by atoms with Gasteiger partial charge in [-0.2, -0.15) is 0 Å². The van der Waals surface area contributed by atoms with Crippen molar-refractivity contribution in [3.05, 3.63) is 113 Å². The van der Waals surface area contributed by atoms with Crippen molar-refractivity contribution in [1.82, 2.24) is 10.2 Å². The predicted molar refractivity (Wildman–Crippen MR) is 135 cm³/mol. The molecule has 1 aromatic heterocycles. The number of hydrogen-bond donors (Lipinski definition) is 1. The Balaban J connectivity index is 1.24. The molecule has 0 bridgehead atoms. The van der Waals surface area contributed by atoms with Gasteiger partial charge in [0.05, 0.1) is 13.7 Å². The third-order valence-corrected chi connectivity index (χ3v) is 5.94. The molecule has 7 heteroatoms. The Kier molecular flexibility index (Phi) is 7.19. The lowest BCUT2D eigenvalue weighted by Crippen LogP contribution is -2.23. The monoisotopic (exact) mass is 484 g/mol.